The van der Waals surface area contributed by atoms with Gasteiger partial charge in [-0.05, 0) is 30.3 Å². The molecule has 34 heavy (non-hydrogen) atoms. The number of nitrogens with zero attached hydrogens (tertiary/aromatic N) is 3. The summed E-state index contributed by atoms with van der Waals surface area (Å²) in [5.74, 6) is -0.255. The Morgan fingerprint density at radius 2 is 1.82 bits per heavy atom. The molecule has 2 amide bonds. The number of rotatable bonds is 6. The van der Waals surface area contributed by atoms with Crippen LogP contribution in [0.15, 0.2) is 67.8 Å². The van der Waals surface area contributed by atoms with E-state index < -0.39 is 34.4 Å². The van der Waals surface area contributed by atoms with Gasteiger partial charge in [0.25, 0.3) is 21.8 Å². The van der Waals surface area contributed by atoms with Crippen LogP contribution in [0.25, 0.3) is 0 Å². The largest absolute Gasteiger partial charge is 0.493 e. The zero-order valence-electron chi connectivity index (χ0n) is 18.1. The average Bonchev–Trinajstić information content (AvgIpc) is 3.62. The first-order chi connectivity index (χ1) is 16.3. The number of carbonyl (C=O) groups excluding carboxylic acids is 2. The van der Waals surface area contributed by atoms with Gasteiger partial charge in [0.15, 0.2) is 11.5 Å². The normalized spacial score (nSPS) is 18.7. The quantitative estimate of drug-likeness (QED) is 0.520. The van der Waals surface area contributed by atoms with E-state index in [0.717, 1.165) is 5.01 Å². The van der Waals surface area contributed by atoms with Gasteiger partial charge in [0.1, 0.15) is 34.7 Å². The van der Waals surface area contributed by atoms with Crippen LogP contribution in [0, 0.1) is 0 Å². The van der Waals surface area contributed by atoms with Crippen molar-refractivity contribution in [3.05, 3.63) is 66.0 Å². The summed E-state index contributed by atoms with van der Waals surface area (Å²) in [5, 5.41) is 5.49. The van der Waals surface area contributed by atoms with E-state index in [9.17, 15) is 18.0 Å². The van der Waals surface area contributed by atoms with E-state index in [1.807, 2.05) is 0 Å². The Morgan fingerprint density at radius 1 is 1.12 bits per heavy atom. The molecule has 4 heterocycles. The predicted molar refractivity (Wildman–Crippen MR) is 116 cm³/mol. The molecular weight excluding hydrogens is 466 g/mol. The van der Waals surface area contributed by atoms with Crippen molar-refractivity contribution in [2.75, 3.05) is 20.8 Å². The Hall–Kier alpha value is -4.06. The van der Waals surface area contributed by atoms with E-state index in [-0.39, 0.29) is 22.0 Å². The van der Waals surface area contributed by atoms with Gasteiger partial charge in [0.2, 0.25) is 0 Å². The first-order valence-corrected chi connectivity index (χ1v) is 11.6. The molecule has 12 heteroatoms. The van der Waals surface area contributed by atoms with Gasteiger partial charge in [-0.3, -0.25) is 9.59 Å². The third-order valence-corrected chi connectivity index (χ3v) is 7.40. The number of fused-ring (bicyclic) bond motifs is 1. The molecule has 5 rings (SSSR count). The van der Waals surface area contributed by atoms with Crippen molar-refractivity contribution in [2.24, 2.45) is 5.10 Å². The standard InChI is InChI=1S/C22H19N3O8S/c1-30-18-9-13-20(11-19(18)31-2)34(28,29)24(22(13)27)12-21(26)25-15(17-6-4-8-33-17)10-14(23-25)16-5-3-7-32-16/h3-9,11,15H,10,12H2,1-2H3. The Kier molecular flexibility index (Phi) is 5.16. The smallest absolute Gasteiger partial charge is 0.269 e. The lowest BCUT2D eigenvalue weighted by molar-refractivity contribution is -0.133. The molecule has 0 spiro atoms. The lowest BCUT2D eigenvalue weighted by Crippen LogP contribution is -2.41. The minimum Gasteiger partial charge on any atom is -0.493 e. The maximum absolute atomic E-state index is 13.3. The summed E-state index contributed by atoms with van der Waals surface area (Å²) >= 11 is 0. The van der Waals surface area contributed by atoms with Crippen molar-refractivity contribution in [1.82, 2.24) is 9.31 Å². The van der Waals surface area contributed by atoms with E-state index in [2.05, 4.69) is 5.10 Å². The molecule has 0 N–H and O–H groups in total. The lowest BCUT2D eigenvalue weighted by atomic mass is 10.1. The summed E-state index contributed by atoms with van der Waals surface area (Å²) in [7, 11) is -1.57. The first-order valence-electron chi connectivity index (χ1n) is 10.1. The second-order valence-corrected chi connectivity index (χ2v) is 9.35. The summed E-state index contributed by atoms with van der Waals surface area (Å²) < 4.78 is 48.0. The van der Waals surface area contributed by atoms with Crippen LogP contribution in [0.5, 0.6) is 11.5 Å². The topological polar surface area (TPSA) is 132 Å². The van der Waals surface area contributed by atoms with Crippen LogP contribution in [-0.2, 0) is 14.8 Å². The summed E-state index contributed by atoms with van der Waals surface area (Å²) in [6.45, 7) is -0.743. The number of benzene rings is 1. The monoisotopic (exact) mass is 485 g/mol. The lowest BCUT2D eigenvalue weighted by Gasteiger charge is -2.22. The molecule has 1 unspecified atom stereocenters. The third kappa shape index (κ3) is 3.34. The number of hydrogen-bond acceptors (Lipinski definition) is 9. The number of amides is 2. The van der Waals surface area contributed by atoms with Crippen molar-refractivity contribution in [1.29, 1.82) is 0 Å². The van der Waals surface area contributed by atoms with Gasteiger partial charge in [-0.15, -0.1) is 0 Å². The van der Waals surface area contributed by atoms with Gasteiger partial charge < -0.3 is 18.3 Å². The van der Waals surface area contributed by atoms with Crippen LogP contribution in [0.3, 0.4) is 0 Å². The van der Waals surface area contributed by atoms with Gasteiger partial charge in [-0.25, -0.2) is 17.7 Å². The highest BCUT2D eigenvalue weighted by molar-refractivity contribution is 7.90. The molecule has 3 aromatic rings. The Labute approximate surface area is 194 Å². The molecule has 0 aliphatic carbocycles. The molecule has 176 valence electrons. The number of furan rings is 2. The highest BCUT2D eigenvalue weighted by atomic mass is 32.2. The van der Waals surface area contributed by atoms with Crippen molar-refractivity contribution >= 4 is 27.5 Å². The average molecular weight is 485 g/mol. The van der Waals surface area contributed by atoms with Gasteiger partial charge in [0, 0.05) is 12.5 Å². The number of carbonyl (C=O) groups is 2. The van der Waals surface area contributed by atoms with E-state index in [1.54, 1.807) is 24.3 Å². The molecule has 2 aliphatic rings. The van der Waals surface area contributed by atoms with Crippen LogP contribution in [0.4, 0.5) is 0 Å². The maximum Gasteiger partial charge on any atom is 0.269 e. The summed E-state index contributed by atoms with van der Waals surface area (Å²) in [4.78, 5) is 26.0. The molecule has 0 radical (unpaired) electrons. The molecule has 0 saturated carbocycles. The maximum atomic E-state index is 13.3. The molecule has 1 aromatic carbocycles. The number of hydrazone groups is 1. The van der Waals surface area contributed by atoms with Crippen LogP contribution >= 0.6 is 0 Å². The fraction of sp³-hybridized carbons (Fsp3) is 0.227. The zero-order valence-corrected chi connectivity index (χ0v) is 18.9. The fourth-order valence-electron chi connectivity index (χ4n) is 3.99. The van der Waals surface area contributed by atoms with Gasteiger partial charge in [-0.1, -0.05) is 0 Å². The second-order valence-electron chi connectivity index (χ2n) is 7.52. The van der Waals surface area contributed by atoms with E-state index >= 15 is 0 Å². The number of hydrogen-bond donors (Lipinski definition) is 0. The van der Waals surface area contributed by atoms with Gasteiger partial charge in [-0.2, -0.15) is 5.10 Å². The predicted octanol–water partition coefficient (Wildman–Crippen LogP) is 2.41. The number of sulfonamides is 1. The molecule has 2 aromatic heterocycles. The fourth-order valence-corrected chi connectivity index (χ4v) is 5.50. The number of methoxy groups -OCH3 is 2. The minimum absolute atomic E-state index is 0.103. The van der Waals surface area contributed by atoms with Crippen molar-refractivity contribution in [2.45, 2.75) is 17.4 Å². The van der Waals surface area contributed by atoms with Crippen molar-refractivity contribution < 1.29 is 36.3 Å². The summed E-state index contributed by atoms with van der Waals surface area (Å²) in [6.07, 6.45) is 3.25. The highest BCUT2D eigenvalue weighted by Gasteiger charge is 2.45. The van der Waals surface area contributed by atoms with Gasteiger partial charge in [0.05, 0.1) is 32.3 Å². The minimum atomic E-state index is -4.30. The molecule has 0 fully saturated rings. The van der Waals surface area contributed by atoms with E-state index in [0.29, 0.717) is 28.0 Å². The van der Waals surface area contributed by atoms with E-state index in [4.69, 9.17) is 18.3 Å². The Morgan fingerprint density at radius 3 is 2.47 bits per heavy atom. The molecule has 11 nitrogen and oxygen atoms in total. The van der Waals surface area contributed by atoms with Gasteiger partial charge >= 0.3 is 0 Å². The van der Waals surface area contributed by atoms with Crippen LogP contribution in [0.2, 0.25) is 0 Å². The third-order valence-electron chi connectivity index (χ3n) is 5.63. The summed E-state index contributed by atoms with van der Waals surface area (Å²) in [6, 6.07) is 8.64. The Bertz CT molecular complexity index is 1390. The SMILES string of the molecule is COc1cc2c(cc1OC)S(=O)(=O)N(CC(=O)N1N=C(c3ccco3)CC1c1ccco1)C2=O. The van der Waals surface area contributed by atoms with Crippen LogP contribution in [0.1, 0.15) is 34.3 Å². The summed E-state index contributed by atoms with van der Waals surface area (Å²) in [5.41, 5.74) is 0.391. The molecule has 0 bridgehead atoms. The molecule has 2 aliphatic heterocycles. The first kappa shape index (κ1) is 21.8. The Balaban J connectivity index is 1.47. The van der Waals surface area contributed by atoms with Crippen molar-refractivity contribution in [3.63, 3.8) is 0 Å². The molecular formula is C22H19N3O8S. The molecule has 0 saturated heterocycles. The van der Waals surface area contributed by atoms with Crippen LogP contribution in [-0.4, -0.2) is 56.0 Å². The van der Waals surface area contributed by atoms with Crippen LogP contribution < -0.4 is 9.47 Å². The number of ether oxygens (including phenoxy) is 2. The highest BCUT2D eigenvalue weighted by Crippen LogP contribution is 2.39. The van der Waals surface area contributed by atoms with E-state index in [1.165, 1.54) is 38.9 Å². The molecule has 1 atom stereocenters. The van der Waals surface area contributed by atoms with Crippen molar-refractivity contribution in [3.8, 4) is 11.5 Å². The second kappa shape index (κ2) is 8.06. The zero-order chi connectivity index (χ0) is 24.0.